The van der Waals surface area contributed by atoms with Gasteiger partial charge in [0.2, 0.25) is 0 Å². The molecule has 7 nitrogen and oxygen atoms in total. The minimum atomic E-state index is -0.435. The van der Waals surface area contributed by atoms with Crippen molar-refractivity contribution < 1.29 is 18.8 Å². The Labute approximate surface area is 188 Å². The fourth-order valence-corrected chi connectivity index (χ4v) is 4.45. The highest BCUT2D eigenvalue weighted by molar-refractivity contribution is 9.10. The van der Waals surface area contributed by atoms with E-state index in [4.69, 9.17) is 9.83 Å². The van der Waals surface area contributed by atoms with Gasteiger partial charge in [-0.05, 0) is 60.3 Å². The third-order valence-corrected chi connectivity index (χ3v) is 6.25. The minimum Gasteiger partial charge on any atom is -0.457 e. The number of hydrogen-bond acceptors (Lipinski definition) is 6. The normalized spacial score (nSPS) is 16.9. The number of benzene rings is 2. The molecule has 2 aromatic carbocycles. The molecule has 1 aromatic heterocycles. The largest absolute Gasteiger partial charge is 0.457 e. The van der Waals surface area contributed by atoms with Gasteiger partial charge < -0.3 is 4.42 Å². The predicted molar refractivity (Wildman–Crippen MR) is 121 cm³/mol. The van der Waals surface area contributed by atoms with Gasteiger partial charge in [-0.1, -0.05) is 22.0 Å². The van der Waals surface area contributed by atoms with E-state index in [0.29, 0.717) is 38.8 Å². The number of anilines is 1. The van der Waals surface area contributed by atoms with Crippen LogP contribution in [0.5, 0.6) is 0 Å². The third kappa shape index (κ3) is 3.41. The maximum absolute atomic E-state index is 12.8. The minimum absolute atomic E-state index is 0.111. The lowest BCUT2D eigenvalue weighted by Crippen LogP contribution is -2.27. The van der Waals surface area contributed by atoms with E-state index in [-0.39, 0.29) is 11.1 Å². The summed E-state index contributed by atoms with van der Waals surface area (Å²) in [5.41, 5.74) is 1.89. The topological polar surface area (TPSA) is 103 Å². The number of halogens is 1. The van der Waals surface area contributed by atoms with Crippen molar-refractivity contribution in [2.24, 2.45) is 0 Å². The Morgan fingerprint density at radius 3 is 2.48 bits per heavy atom. The summed E-state index contributed by atoms with van der Waals surface area (Å²) in [7, 11) is 0. The Bertz CT molecular complexity index is 1330. The summed E-state index contributed by atoms with van der Waals surface area (Å²) in [5, 5.41) is 10.6. The van der Waals surface area contributed by atoms with E-state index in [1.54, 1.807) is 48.5 Å². The van der Waals surface area contributed by atoms with Crippen LogP contribution in [-0.4, -0.2) is 22.9 Å². The Morgan fingerprint density at radius 2 is 1.71 bits per heavy atom. The Morgan fingerprint density at radius 1 is 0.968 bits per heavy atom. The predicted octanol–water partition coefficient (Wildman–Crippen LogP) is 4.65. The Hall–Kier alpha value is -3.43. The van der Waals surface area contributed by atoms with Gasteiger partial charge in [-0.3, -0.25) is 30.0 Å². The maximum atomic E-state index is 12.8. The number of thioether (sulfide) groups is 1. The van der Waals surface area contributed by atoms with E-state index in [1.165, 1.54) is 4.90 Å². The molecule has 152 valence electrons. The van der Waals surface area contributed by atoms with E-state index in [1.807, 2.05) is 12.1 Å². The second-order valence-electron chi connectivity index (χ2n) is 6.78. The fraction of sp³-hybridized carbons (Fsp3) is 0. The summed E-state index contributed by atoms with van der Waals surface area (Å²) in [6.07, 6.45) is 1.59. The first-order valence-corrected chi connectivity index (χ1v) is 10.7. The monoisotopic (exact) mass is 493 g/mol. The molecule has 9 heteroatoms. The SMILES string of the molecule is N=C1S/C(=C\c2ccc(-c3ccc4c(c3)C(=O)NC4=O)o2)C(=O)N1c1ccc(Br)cc1. The lowest BCUT2D eigenvalue weighted by atomic mass is 10.0. The number of nitrogens with one attached hydrogen (secondary N) is 2. The molecule has 0 saturated carbocycles. The summed E-state index contributed by atoms with van der Waals surface area (Å²) in [6.45, 7) is 0. The zero-order chi connectivity index (χ0) is 21.7. The highest BCUT2D eigenvalue weighted by Gasteiger charge is 2.34. The van der Waals surface area contributed by atoms with Crippen LogP contribution in [0.25, 0.3) is 17.4 Å². The van der Waals surface area contributed by atoms with Crippen molar-refractivity contribution in [2.75, 3.05) is 4.90 Å². The lowest BCUT2D eigenvalue weighted by molar-refractivity contribution is -0.113. The molecular weight excluding hydrogens is 482 g/mol. The third-order valence-electron chi connectivity index (χ3n) is 4.83. The van der Waals surface area contributed by atoms with Gasteiger partial charge in [0.25, 0.3) is 17.7 Å². The highest BCUT2D eigenvalue weighted by Crippen LogP contribution is 2.36. The number of fused-ring (bicyclic) bond motifs is 1. The summed E-state index contributed by atoms with van der Waals surface area (Å²) in [6, 6.07) is 15.5. The first-order chi connectivity index (χ1) is 14.9. The molecular formula is C22H12BrN3O4S. The smallest absolute Gasteiger partial charge is 0.271 e. The van der Waals surface area contributed by atoms with Crippen molar-refractivity contribution in [2.45, 2.75) is 0 Å². The summed E-state index contributed by atoms with van der Waals surface area (Å²) in [5.74, 6) is -0.210. The van der Waals surface area contributed by atoms with Gasteiger partial charge >= 0.3 is 0 Å². The number of carbonyl (C=O) groups is 3. The molecule has 2 aliphatic rings. The van der Waals surface area contributed by atoms with Crippen LogP contribution in [0, 0.1) is 5.41 Å². The van der Waals surface area contributed by atoms with Gasteiger partial charge in [-0.15, -0.1) is 0 Å². The van der Waals surface area contributed by atoms with Gasteiger partial charge in [0.1, 0.15) is 11.5 Å². The van der Waals surface area contributed by atoms with Gasteiger partial charge in [0.05, 0.1) is 21.7 Å². The van der Waals surface area contributed by atoms with Crippen LogP contribution in [0.3, 0.4) is 0 Å². The molecule has 31 heavy (non-hydrogen) atoms. The standard InChI is InChI=1S/C22H12BrN3O4S/c23-12-2-4-13(5-3-12)26-21(29)18(31-22(26)24)10-14-6-8-17(30-14)11-1-7-15-16(9-11)20(28)25-19(15)27/h1-10,24H,(H,25,27,28)/b18-10-,24-22?. The molecule has 0 aliphatic carbocycles. The number of nitrogens with zero attached hydrogens (tertiary/aromatic N) is 1. The molecule has 2 N–H and O–H groups in total. The summed E-state index contributed by atoms with van der Waals surface area (Å²) in [4.78, 5) is 38.1. The first kappa shape index (κ1) is 19.5. The van der Waals surface area contributed by atoms with Crippen molar-refractivity contribution in [3.05, 3.63) is 80.9 Å². The molecule has 1 fully saturated rings. The van der Waals surface area contributed by atoms with Crippen molar-refractivity contribution in [1.82, 2.24) is 5.32 Å². The zero-order valence-electron chi connectivity index (χ0n) is 15.6. The molecule has 3 aromatic rings. The van der Waals surface area contributed by atoms with Gasteiger partial charge in [-0.2, -0.15) is 0 Å². The van der Waals surface area contributed by atoms with Crippen LogP contribution in [-0.2, 0) is 4.79 Å². The number of imide groups is 1. The Kier molecular flexibility index (Phi) is 4.64. The molecule has 0 spiro atoms. The number of hydrogen-bond donors (Lipinski definition) is 2. The van der Waals surface area contributed by atoms with Crippen molar-refractivity contribution >= 4 is 62.3 Å². The van der Waals surface area contributed by atoms with Gasteiger partial charge in [0.15, 0.2) is 5.17 Å². The highest BCUT2D eigenvalue weighted by atomic mass is 79.9. The Balaban J connectivity index is 1.42. The van der Waals surface area contributed by atoms with Crippen molar-refractivity contribution in [3.63, 3.8) is 0 Å². The lowest BCUT2D eigenvalue weighted by Gasteiger charge is -2.14. The summed E-state index contributed by atoms with van der Waals surface area (Å²) >= 11 is 4.42. The number of carbonyl (C=O) groups excluding carboxylic acids is 3. The molecule has 0 unspecified atom stereocenters. The van der Waals surface area contributed by atoms with E-state index < -0.39 is 11.8 Å². The molecule has 0 atom stereocenters. The second-order valence-corrected chi connectivity index (χ2v) is 8.72. The maximum Gasteiger partial charge on any atom is 0.271 e. The fourth-order valence-electron chi connectivity index (χ4n) is 3.35. The number of amidine groups is 1. The zero-order valence-corrected chi connectivity index (χ0v) is 18.0. The quantitative estimate of drug-likeness (QED) is 0.408. The van der Waals surface area contributed by atoms with Crippen molar-refractivity contribution in [3.8, 4) is 11.3 Å². The van der Waals surface area contributed by atoms with Gasteiger partial charge in [0, 0.05) is 16.1 Å². The molecule has 0 radical (unpaired) electrons. The molecule has 5 rings (SSSR count). The molecule has 3 amide bonds. The van der Waals surface area contributed by atoms with Crippen LogP contribution < -0.4 is 10.2 Å². The number of rotatable bonds is 3. The molecule has 0 bridgehead atoms. The molecule has 1 saturated heterocycles. The average molecular weight is 494 g/mol. The van der Waals surface area contributed by atoms with Crippen molar-refractivity contribution in [1.29, 1.82) is 5.41 Å². The van der Waals surface area contributed by atoms with E-state index in [2.05, 4.69) is 21.2 Å². The molecule has 2 aliphatic heterocycles. The second kappa shape index (κ2) is 7.36. The van der Waals surface area contributed by atoms with E-state index >= 15 is 0 Å². The number of furan rings is 1. The van der Waals surface area contributed by atoms with Crippen LogP contribution in [0.1, 0.15) is 26.5 Å². The van der Waals surface area contributed by atoms with Crippen LogP contribution in [0.2, 0.25) is 0 Å². The first-order valence-electron chi connectivity index (χ1n) is 9.09. The van der Waals surface area contributed by atoms with E-state index in [0.717, 1.165) is 16.2 Å². The van der Waals surface area contributed by atoms with Crippen LogP contribution in [0.15, 0.2) is 68.4 Å². The summed E-state index contributed by atoms with van der Waals surface area (Å²) < 4.78 is 6.72. The van der Waals surface area contributed by atoms with Crippen LogP contribution >= 0.6 is 27.7 Å². The average Bonchev–Trinajstić information content (AvgIpc) is 3.41. The number of amides is 3. The molecule has 3 heterocycles. The van der Waals surface area contributed by atoms with Gasteiger partial charge in [-0.25, -0.2) is 0 Å². The van der Waals surface area contributed by atoms with Crippen LogP contribution in [0.4, 0.5) is 5.69 Å². The van der Waals surface area contributed by atoms with E-state index in [9.17, 15) is 14.4 Å².